The number of primary sulfonamides is 1. The van der Waals surface area contributed by atoms with Crippen LogP contribution in [0.3, 0.4) is 0 Å². The van der Waals surface area contributed by atoms with Crippen molar-refractivity contribution in [3.63, 3.8) is 0 Å². The Balaban J connectivity index is 2.52. The van der Waals surface area contributed by atoms with Crippen molar-refractivity contribution >= 4 is 21.6 Å². The summed E-state index contributed by atoms with van der Waals surface area (Å²) >= 11 is 5.94. The highest BCUT2D eigenvalue weighted by Gasteiger charge is 2.21. The summed E-state index contributed by atoms with van der Waals surface area (Å²) in [7, 11) is -3.87. The van der Waals surface area contributed by atoms with E-state index in [4.69, 9.17) is 16.7 Å². The van der Waals surface area contributed by atoms with Gasteiger partial charge in [0.1, 0.15) is 10.7 Å². The molecule has 2 rings (SSSR count). The topological polar surface area (TPSA) is 78.0 Å². The molecule has 0 saturated heterocycles. The van der Waals surface area contributed by atoms with Crippen molar-refractivity contribution in [3.05, 3.63) is 46.0 Å². The third kappa shape index (κ3) is 2.70. The Labute approximate surface area is 121 Å². The Morgan fingerprint density at radius 1 is 1.40 bits per heavy atom. The van der Waals surface area contributed by atoms with Crippen LogP contribution in [0.15, 0.2) is 23.1 Å². The van der Waals surface area contributed by atoms with Gasteiger partial charge in [0, 0.05) is 10.6 Å². The van der Waals surface area contributed by atoms with Gasteiger partial charge in [-0.2, -0.15) is 5.10 Å². The highest BCUT2D eigenvalue weighted by Crippen LogP contribution is 2.23. The number of sulfonamides is 1. The van der Waals surface area contributed by atoms with Crippen LogP contribution in [-0.2, 0) is 16.6 Å². The molecule has 0 atom stereocenters. The van der Waals surface area contributed by atoms with Gasteiger partial charge < -0.3 is 0 Å². The number of aromatic nitrogens is 2. The van der Waals surface area contributed by atoms with E-state index >= 15 is 0 Å². The number of nitrogens with two attached hydrogens (primary N) is 1. The van der Waals surface area contributed by atoms with Crippen LogP contribution in [0.25, 0.3) is 0 Å². The minimum Gasteiger partial charge on any atom is -0.264 e. The first-order valence-corrected chi connectivity index (χ1v) is 7.64. The largest absolute Gasteiger partial charge is 0.264 e. The van der Waals surface area contributed by atoms with Gasteiger partial charge in [0.15, 0.2) is 0 Å². The number of hydrogen-bond donors (Lipinski definition) is 1. The number of hydrogen-bond acceptors (Lipinski definition) is 3. The van der Waals surface area contributed by atoms with Crippen molar-refractivity contribution in [1.82, 2.24) is 9.78 Å². The molecule has 2 aromatic rings. The van der Waals surface area contributed by atoms with Gasteiger partial charge in [-0.1, -0.05) is 17.7 Å². The molecule has 0 unspecified atom stereocenters. The molecule has 0 bridgehead atoms. The van der Waals surface area contributed by atoms with Crippen LogP contribution in [-0.4, -0.2) is 18.2 Å². The molecule has 108 valence electrons. The molecule has 0 fully saturated rings. The second-order valence-electron chi connectivity index (χ2n) is 4.40. The molecule has 0 aliphatic heterocycles. The lowest BCUT2D eigenvalue weighted by Crippen LogP contribution is -2.14. The SMILES string of the molecule is Cc1nn(Cc2c(F)cccc2Cl)c(C)c1S(N)(=O)=O. The van der Waals surface area contributed by atoms with Crippen LogP contribution in [0, 0.1) is 19.7 Å². The summed E-state index contributed by atoms with van der Waals surface area (Å²) < 4.78 is 38.1. The number of nitrogens with zero attached hydrogens (tertiary/aromatic N) is 2. The maximum Gasteiger partial charge on any atom is 0.241 e. The van der Waals surface area contributed by atoms with E-state index in [1.54, 1.807) is 13.0 Å². The Hall–Kier alpha value is -1.44. The van der Waals surface area contributed by atoms with Crippen LogP contribution in [0.4, 0.5) is 4.39 Å². The van der Waals surface area contributed by atoms with Gasteiger partial charge in [-0.15, -0.1) is 0 Å². The monoisotopic (exact) mass is 317 g/mol. The molecule has 0 aliphatic carbocycles. The van der Waals surface area contributed by atoms with Crippen molar-refractivity contribution in [3.8, 4) is 0 Å². The lowest BCUT2D eigenvalue weighted by Gasteiger charge is -2.08. The van der Waals surface area contributed by atoms with Gasteiger partial charge in [0.05, 0.1) is 17.9 Å². The first-order chi connectivity index (χ1) is 9.21. The zero-order valence-corrected chi connectivity index (χ0v) is 12.5. The van der Waals surface area contributed by atoms with Crippen LogP contribution in [0.2, 0.25) is 5.02 Å². The van der Waals surface area contributed by atoms with E-state index in [1.165, 1.54) is 23.7 Å². The summed E-state index contributed by atoms with van der Waals surface area (Å²) in [4.78, 5) is -0.0371. The van der Waals surface area contributed by atoms with Crippen molar-refractivity contribution in [2.24, 2.45) is 5.14 Å². The summed E-state index contributed by atoms with van der Waals surface area (Å²) in [5.41, 5.74) is 0.877. The molecular formula is C12H13ClFN3O2S. The van der Waals surface area contributed by atoms with Crippen LogP contribution >= 0.6 is 11.6 Å². The van der Waals surface area contributed by atoms with Gasteiger partial charge in [-0.05, 0) is 26.0 Å². The predicted molar refractivity (Wildman–Crippen MR) is 73.6 cm³/mol. The van der Waals surface area contributed by atoms with Gasteiger partial charge in [0.2, 0.25) is 10.0 Å². The predicted octanol–water partition coefficient (Wildman–Crippen LogP) is 1.99. The molecule has 0 aliphatic rings. The van der Waals surface area contributed by atoms with E-state index in [0.717, 1.165) is 0 Å². The van der Waals surface area contributed by atoms with E-state index in [1.807, 2.05) is 0 Å². The average molecular weight is 318 g/mol. The molecule has 5 nitrogen and oxygen atoms in total. The fourth-order valence-electron chi connectivity index (χ4n) is 2.08. The van der Waals surface area contributed by atoms with E-state index in [2.05, 4.69) is 5.10 Å². The number of halogens is 2. The molecule has 0 spiro atoms. The molecule has 0 amide bonds. The van der Waals surface area contributed by atoms with Crippen molar-refractivity contribution < 1.29 is 12.8 Å². The lowest BCUT2D eigenvalue weighted by atomic mass is 10.2. The first-order valence-electron chi connectivity index (χ1n) is 5.71. The molecule has 1 heterocycles. The third-order valence-corrected chi connectivity index (χ3v) is 4.48. The smallest absolute Gasteiger partial charge is 0.241 e. The fourth-order valence-corrected chi connectivity index (χ4v) is 3.27. The highest BCUT2D eigenvalue weighted by atomic mass is 35.5. The standard InChI is InChI=1S/C12H13ClFN3O2S/c1-7-12(20(15,18)19)8(2)17(16-7)6-9-10(13)4-3-5-11(9)14/h3-5H,6H2,1-2H3,(H2,15,18,19). The van der Waals surface area contributed by atoms with E-state index in [0.29, 0.717) is 5.69 Å². The Kier molecular flexibility index (Phi) is 3.86. The second kappa shape index (κ2) is 5.16. The van der Waals surface area contributed by atoms with Gasteiger partial charge >= 0.3 is 0 Å². The van der Waals surface area contributed by atoms with Crippen LogP contribution in [0.5, 0.6) is 0 Å². The Morgan fingerprint density at radius 3 is 2.55 bits per heavy atom. The number of rotatable bonds is 3. The fraction of sp³-hybridized carbons (Fsp3) is 0.250. The summed E-state index contributed by atoms with van der Waals surface area (Å²) in [5, 5.41) is 9.49. The summed E-state index contributed by atoms with van der Waals surface area (Å²) in [6.07, 6.45) is 0. The molecule has 1 aromatic carbocycles. The average Bonchev–Trinajstić information content (AvgIpc) is 2.58. The molecule has 20 heavy (non-hydrogen) atoms. The Bertz CT molecular complexity index is 751. The van der Waals surface area contributed by atoms with Crippen molar-refractivity contribution in [2.75, 3.05) is 0 Å². The molecule has 0 radical (unpaired) electrons. The van der Waals surface area contributed by atoms with Gasteiger partial charge in [-0.25, -0.2) is 17.9 Å². The van der Waals surface area contributed by atoms with E-state index in [9.17, 15) is 12.8 Å². The van der Waals surface area contributed by atoms with Gasteiger partial charge in [0.25, 0.3) is 0 Å². The molecule has 8 heteroatoms. The van der Waals surface area contributed by atoms with Crippen molar-refractivity contribution in [2.45, 2.75) is 25.3 Å². The molecule has 0 saturated carbocycles. The van der Waals surface area contributed by atoms with Crippen LogP contribution < -0.4 is 5.14 Å². The number of benzene rings is 1. The third-order valence-electron chi connectivity index (χ3n) is 2.97. The second-order valence-corrected chi connectivity index (χ2v) is 6.31. The van der Waals surface area contributed by atoms with Crippen molar-refractivity contribution in [1.29, 1.82) is 0 Å². The minimum atomic E-state index is -3.87. The van der Waals surface area contributed by atoms with E-state index in [-0.39, 0.29) is 27.7 Å². The minimum absolute atomic E-state index is 0.0354. The first kappa shape index (κ1) is 15.0. The molecule has 1 aromatic heterocycles. The summed E-state index contributed by atoms with van der Waals surface area (Å²) in [6, 6.07) is 4.35. The van der Waals surface area contributed by atoms with E-state index < -0.39 is 15.8 Å². The normalized spacial score (nSPS) is 11.8. The lowest BCUT2D eigenvalue weighted by molar-refractivity contribution is 0.577. The summed E-state index contributed by atoms with van der Waals surface area (Å²) in [6.45, 7) is 3.13. The maximum atomic E-state index is 13.7. The highest BCUT2D eigenvalue weighted by molar-refractivity contribution is 7.89. The zero-order chi connectivity index (χ0) is 15.1. The molecule has 2 N–H and O–H groups in total. The number of aryl methyl sites for hydroxylation is 1. The molecular weight excluding hydrogens is 305 g/mol. The Morgan fingerprint density at radius 2 is 2.05 bits per heavy atom. The zero-order valence-electron chi connectivity index (χ0n) is 10.9. The van der Waals surface area contributed by atoms with Crippen LogP contribution in [0.1, 0.15) is 17.0 Å². The quantitative estimate of drug-likeness (QED) is 0.940. The summed E-state index contributed by atoms with van der Waals surface area (Å²) in [5.74, 6) is -0.470. The maximum absolute atomic E-state index is 13.7. The van der Waals surface area contributed by atoms with Gasteiger partial charge in [-0.3, -0.25) is 4.68 Å².